The first kappa shape index (κ1) is 13.4. The van der Waals surface area contributed by atoms with Crippen molar-refractivity contribution in [2.24, 2.45) is 0 Å². The van der Waals surface area contributed by atoms with Crippen LogP contribution in [0.15, 0.2) is 30.6 Å². The van der Waals surface area contributed by atoms with Gasteiger partial charge in [-0.3, -0.25) is 9.48 Å². The number of amides is 1. The van der Waals surface area contributed by atoms with E-state index in [4.69, 9.17) is 4.74 Å². The standard InChI is InChI=1S/C14H13N5O2S/c20-14(9-1-2-12-13(5-9)18-22-17-12)16-10-6-15-19(7-10)11-3-4-21-8-11/h1-2,5-7,11H,3-4,8H2,(H,16,20). The largest absolute Gasteiger partial charge is 0.379 e. The monoisotopic (exact) mass is 315 g/mol. The van der Waals surface area contributed by atoms with E-state index in [9.17, 15) is 4.79 Å². The van der Waals surface area contributed by atoms with Gasteiger partial charge in [0.05, 0.1) is 36.3 Å². The maximum atomic E-state index is 12.3. The Morgan fingerprint density at radius 1 is 1.36 bits per heavy atom. The molecule has 0 saturated carbocycles. The van der Waals surface area contributed by atoms with Crippen molar-refractivity contribution in [2.75, 3.05) is 18.5 Å². The van der Waals surface area contributed by atoms with Gasteiger partial charge in [-0.05, 0) is 24.6 Å². The van der Waals surface area contributed by atoms with Crippen LogP contribution in [0.1, 0.15) is 22.8 Å². The lowest BCUT2D eigenvalue weighted by molar-refractivity contribution is 0.102. The summed E-state index contributed by atoms with van der Waals surface area (Å²) in [4.78, 5) is 12.3. The van der Waals surface area contributed by atoms with Crippen LogP contribution in [-0.2, 0) is 4.74 Å². The third-order valence-electron chi connectivity index (χ3n) is 3.66. The van der Waals surface area contributed by atoms with Gasteiger partial charge in [0, 0.05) is 18.4 Å². The second-order valence-electron chi connectivity index (χ2n) is 5.15. The average molecular weight is 315 g/mol. The number of carbonyl (C=O) groups is 1. The highest BCUT2D eigenvalue weighted by Crippen LogP contribution is 2.20. The summed E-state index contributed by atoms with van der Waals surface area (Å²) in [6.07, 6.45) is 4.43. The van der Waals surface area contributed by atoms with E-state index in [2.05, 4.69) is 19.2 Å². The third-order valence-corrected chi connectivity index (χ3v) is 4.21. The SMILES string of the molecule is O=C(Nc1cnn(C2CCOC2)c1)c1ccc2nsnc2c1. The number of hydrogen-bond acceptors (Lipinski definition) is 6. The Kier molecular flexibility index (Phi) is 3.32. The summed E-state index contributed by atoms with van der Waals surface area (Å²) in [5, 5.41) is 7.14. The first-order valence-corrected chi connectivity index (χ1v) is 7.68. The molecule has 112 valence electrons. The molecule has 22 heavy (non-hydrogen) atoms. The van der Waals surface area contributed by atoms with Crippen LogP contribution in [-0.4, -0.2) is 37.6 Å². The van der Waals surface area contributed by atoms with Crippen molar-refractivity contribution in [1.82, 2.24) is 18.5 Å². The molecule has 1 aliphatic heterocycles. The zero-order valence-corrected chi connectivity index (χ0v) is 12.4. The van der Waals surface area contributed by atoms with Crippen LogP contribution in [0, 0.1) is 0 Å². The highest BCUT2D eigenvalue weighted by atomic mass is 32.1. The third kappa shape index (κ3) is 2.46. The Labute approximate surface area is 130 Å². The molecule has 1 aromatic carbocycles. The molecule has 7 nitrogen and oxygen atoms in total. The van der Waals surface area contributed by atoms with E-state index in [1.165, 1.54) is 0 Å². The van der Waals surface area contributed by atoms with Gasteiger partial charge < -0.3 is 10.1 Å². The molecule has 8 heteroatoms. The predicted octanol–water partition coefficient (Wildman–Crippen LogP) is 2.10. The van der Waals surface area contributed by atoms with Gasteiger partial charge in [0.1, 0.15) is 11.0 Å². The Morgan fingerprint density at radius 3 is 3.14 bits per heavy atom. The number of rotatable bonds is 3. The molecular formula is C14H13N5O2S. The lowest BCUT2D eigenvalue weighted by Gasteiger charge is -2.07. The molecule has 3 heterocycles. The second kappa shape index (κ2) is 5.47. The van der Waals surface area contributed by atoms with Crippen molar-refractivity contribution in [3.05, 3.63) is 36.2 Å². The van der Waals surface area contributed by atoms with Crippen molar-refractivity contribution in [3.8, 4) is 0 Å². The van der Waals surface area contributed by atoms with Crippen molar-refractivity contribution in [3.63, 3.8) is 0 Å². The summed E-state index contributed by atoms with van der Waals surface area (Å²) in [6, 6.07) is 5.54. The molecule has 2 aromatic heterocycles. The highest BCUT2D eigenvalue weighted by Gasteiger charge is 2.18. The first-order valence-electron chi connectivity index (χ1n) is 6.95. The molecule has 1 N–H and O–H groups in total. The summed E-state index contributed by atoms with van der Waals surface area (Å²) in [5.74, 6) is -0.183. The minimum Gasteiger partial charge on any atom is -0.379 e. The molecule has 0 spiro atoms. The Hall–Kier alpha value is -2.32. The topological polar surface area (TPSA) is 81.9 Å². The number of ether oxygens (including phenoxy) is 1. The van der Waals surface area contributed by atoms with E-state index in [1.54, 1.807) is 24.4 Å². The Bertz CT molecular complexity index is 821. The van der Waals surface area contributed by atoms with E-state index in [1.807, 2.05) is 10.9 Å². The zero-order chi connectivity index (χ0) is 14.9. The fourth-order valence-electron chi connectivity index (χ4n) is 2.46. The van der Waals surface area contributed by atoms with E-state index in [0.29, 0.717) is 17.9 Å². The predicted molar refractivity (Wildman–Crippen MR) is 82.1 cm³/mol. The Morgan fingerprint density at radius 2 is 2.27 bits per heavy atom. The molecule has 3 aromatic rings. The number of carbonyl (C=O) groups excluding carboxylic acids is 1. The maximum absolute atomic E-state index is 12.3. The smallest absolute Gasteiger partial charge is 0.255 e. The van der Waals surface area contributed by atoms with Gasteiger partial charge in [-0.1, -0.05) is 0 Å². The van der Waals surface area contributed by atoms with Crippen molar-refractivity contribution < 1.29 is 9.53 Å². The minimum atomic E-state index is -0.183. The van der Waals surface area contributed by atoms with Crippen LogP contribution < -0.4 is 5.32 Å². The Balaban J connectivity index is 1.51. The summed E-state index contributed by atoms with van der Waals surface area (Å²) < 4.78 is 15.5. The summed E-state index contributed by atoms with van der Waals surface area (Å²) >= 11 is 1.14. The van der Waals surface area contributed by atoms with Gasteiger partial charge in [-0.25, -0.2) is 0 Å². The van der Waals surface area contributed by atoms with Crippen LogP contribution in [0.4, 0.5) is 5.69 Å². The molecule has 0 aliphatic carbocycles. The molecule has 1 saturated heterocycles. The van der Waals surface area contributed by atoms with E-state index < -0.39 is 0 Å². The molecule has 1 atom stereocenters. The molecule has 1 unspecified atom stereocenters. The van der Waals surface area contributed by atoms with Crippen molar-refractivity contribution in [1.29, 1.82) is 0 Å². The fourth-order valence-corrected chi connectivity index (χ4v) is 2.98. The summed E-state index contributed by atoms with van der Waals surface area (Å²) in [7, 11) is 0. The van der Waals surface area contributed by atoms with Gasteiger partial charge in [0.15, 0.2) is 0 Å². The van der Waals surface area contributed by atoms with E-state index in [-0.39, 0.29) is 11.9 Å². The first-order chi connectivity index (χ1) is 10.8. The van der Waals surface area contributed by atoms with Gasteiger partial charge in [-0.15, -0.1) is 0 Å². The van der Waals surface area contributed by atoms with Crippen molar-refractivity contribution >= 4 is 34.4 Å². The molecule has 1 aliphatic rings. The lowest BCUT2D eigenvalue weighted by Crippen LogP contribution is -2.12. The fraction of sp³-hybridized carbons (Fsp3) is 0.286. The molecule has 1 amide bonds. The summed E-state index contributed by atoms with van der Waals surface area (Å²) in [5.41, 5.74) is 2.76. The molecular weight excluding hydrogens is 302 g/mol. The van der Waals surface area contributed by atoms with Gasteiger partial charge >= 0.3 is 0 Å². The van der Waals surface area contributed by atoms with Crippen LogP contribution in [0.2, 0.25) is 0 Å². The lowest BCUT2D eigenvalue weighted by atomic mass is 10.2. The average Bonchev–Trinajstić information content (AvgIpc) is 3.27. The maximum Gasteiger partial charge on any atom is 0.255 e. The van der Waals surface area contributed by atoms with Crippen LogP contribution in [0.3, 0.4) is 0 Å². The quantitative estimate of drug-likeness (QED) is 0.800. The molecule has 1 fully saturated rings. The molecule has 0 bridgehead atoms. The number of benzene rings is 1. The second-order valence-corrected chi connectivity index (χ2v) is 5.68. The van der Waals surface area contributed by atoms with E-state index in [0.717, 1.165) is 35.8 Å². The van der Waals surface area contributed by atoms with Gasteiger partial charge in [0.25, 0.3) is 5.91 Å². The number of nitrogens with one attached hydrogen (secondary N) is 1. The van der Waals surface area contributed by atoms with Gasteiger partial charge in [-0.2, -0.15) is 13.8 Å². The van der Waals surface area contributed by atoms with Crippen LogP contribution in [0.25, 0.3) is 11.0 Å². The summed E-state index contributed by atoms with van der Waals surface area (Å²) in [6.45, 7) is 1.43. The number of fused-ring (bicyclic) bond motifs is 1. The molecule has 0 radical (unpaired) electrons. The van der Waals surface area contributed by atoms with E-state index >= 15 is 0 Å². The zero-order valence-electron chi connectivity index (χ0n) is 11.6. The normalized spacial score (nSPS) is 17.9. The van der Waals surface area contributed by atoms with Crippen LogP contribution >= 0.6 is 11.7 Å². The molecule has 4 rings (SSSR count). The number of hydrogen-bond donors (Lipinski definition) is 1. The van der Waals surface area contributed by atoms with Gasteiger partial charge in [0.2, 0.25) is 0 Å². The van der Waals surface area contributed by atoms with Crippen molar-refractivity contribution in [2.45, 2.75) is 12.5 Å². The minimum absolute atomic E-state index is 0.183. The highest BCUT2D eigenvalue weighted by molar-refractivity contribution is 7.00. The number of nitrogens with zero attached hydrogens (tertiary/aromatic N) is 4. The number of aromatic nitrogens is 4. The van der Waals surface area contributed by atoms with Crippen LogP contribution in [0.5, 0.6) is 0 Å². The number of anilines is 1.